The number of aliphatic hydroxyl groups excluding tert-OH is 1. The van der Waals surface area contributed by atoms with Gasteiger partial charge in [0.05, 0.1) is 5.60 Å². The van der Waals surface area contributed by atoms with Gasteiger partial charge in [-0.2, -0.15) is 0 Å². The predicted molar refractivity (Wildman–Crippen MR) is 71.5 cm³/mol. The van der Waals surface area contributed by atoms with Gasteiger partial charge in [-0.3, -0.25) is 0 Å². The van der Waals surface area contributed by atoms with Gasteiger partial charge < -0.3 is 15.2 Å². The van der Waals surface area contributed by atoms with Gasteiger partial charge in [-0.05, 0) is 44.9 Å². The molecule has 0 aromatic heterocycles. The first-order valence-corrected chi connectivity index (χ1v) is 7.74. The molecule has 3 heteroatoms. The summed E-state index contributed by atoms with van der Waals surface area (Å²) in [4.78, 5) is 0. The third-order valence-corrected chi connectivity index (χ3v) is 5.52. The van der Waals surface area contributed by atoms with Crippen LogP contribution < -0.4 is 5.32 Å². The standard InChI is InChI=1S/C15H27NO2/c17-12-14(5-1-2-6-14)11-16-13-4-9-18-15(10-13)7-3-8-15/h13,16-17H,1-12H2. The summed E-state index contributed by atoms with van der Waals surface area (Å²) in [6.45, 7) is 2.28. The number of rotatable bonds is 4. The molecule has 2 saturated carbocycles. The monoisotopic (exact) mass is 253 g/mol. The summed E-state index contributed by atoms with van der Waals surface area (Å²) in [6.07, 6.45) is 11.2. The third-order valence-electron chi connectivity index (χ3n) is 5.52. The zero-order valence-corrected chi connectivity index (χ0v) is 11.4. The second-order valence-corrected chi connectivity index (χ2v) is 6.82. The number of hydrogen-bond donors (Lipinski definition) is 2. The number of nitrogens with one attached hydrogen (secondary N) is 1. The van der Waals surface area contributed by atoms with Crippen molar-refractivity contribution in [2.24, 2.45) is 5.41 Å². The fraction of sp³-hybridized carbons (Fsp3) is 1.00. The van der Waals surface area contributed by atoms with Crippen LogP contribution in [0, 0.1) is 5.41 Å². The van der Waals surface area contributed by atoms with Crippen LogP contribution in [0.25, 0.3) is 0 Å². The minimum atomic E-state index is 0.186. The Bertz CT molecular complexity index is 282. The van der Waals surface area contributed by atoms with Crippen LogP contribution in [0.1, 0.15) is 57.8 Å². The van der Waals surface area contributed by atoms with E-state index >= 15 is 0 Å². The van der Waals surface area contributed by atoms with Crippen LogP contribution >= 0.6 is 0 Å². The van der Waals surface area contributed by atoms with Crippen molar-refractivity contribution in [3.63, 3.8) is 0 Å². The maximum absolute atomic E-state index is 9.64. The molecule has 0 bridgehead atoms. The Morgan fingerprint density at radius 1 is 1.11 bits per heavy atom. The molecule has 3 fully saturated rings. The van der Waals surface area contributed by atoms with E-state index in [1.165, 1.54) is 51.4 Å². The zero-order chi connectivity index (χ0) is 12.5. The highest BCUT2D eigenvalue weighted by molar-refractivity contribution is 4.97. The number of ether oxygens (including phenoxy) is 1. The van der Waals surface area contributed by atoms with E-state index in [0.717, 1.165) is 19.6 Å². The van der Waals surface area contributed by atoms with Crippen LogP contribution in [0.4, 0.5) is 0 Å². The molecule has 2 N–H and O–H groups in total. The van der Waals surface area contributed by atoms with Crippen LogP contribution in [-0.4, -0.2) is 36.5 Å². The summed E-state index contributed by atoms with van der Waals surface area (Å²) in [6, 6.07) is 0.614. The second kappa shape index (κ2) is 5.10. The van der Waals surface area contributed by atoms with Crippen molar-refractivity contribution in [3.05, 3.63) is 0 Å². The molecule has 0 aromatic rings. The first kappa shape index (κ1) is 12.9. The van der Waals surface area contributed by atoms with E-state index in [-0.39, 0.29) is 11.0 Å². The molecule has 3 rings (SSSR count). The van der Waals surface area contributed by atoms with Crippen molar-refractivity contribution >= 4 is 0 Å². The molecular formula is C15H27NO2. The summed E-state index contributed by atoms with van der Waals surface area (Å²) in [7, 11) is 0. The largest absolute Gasteiger partial charge is 0.396 e. The van der Waals surface area contributed by atoms with Crippen LogP contribution in [0.2, 0.25) is 0 Å². The molecule has 1 aliphatic heterocycles. The molecule has 1 saturated heterocycles. The van der Waals surface area contributed by atoms with Crippen LogP contribution in [-0.2, 0) is 4.74 Å². The van der Waals surface area contributed by atoms with Crippen molar-refractivity contribution in [3.8, 4) is 0 Å². The van der Waals surface area contributed by atoms with Gasteiger partial charge in [0.15, 0.2) is 0 Å². The summed E-state index contributed by atoms with van der Waals surface area (Å²) in [5.41, 5.74) is 0.420. The molecule has 3 nitrogen and oxygen atoms in total. The minimum absolute atomic E-state index is 0.186. The van der Waals surface area contributed by atoms with Gasteiger partial charge in [0.2, 0.25) is 0 Å². The lowest BCUT2D eigenvalue weighted by atomic mass is 9.73. The Morgan fingerprint density at radius 3 is 2.50 bits per heavy atom. The van der Waals surface area contributed by atoms with Gasteiger partial charge in [-0.1, -0.05) is 12.8 Å². The van der Waals surface area contributed by atoms with Gasteiger partial charge >= 0.3 is 0 Å². The van der Waals surface area contributed by atoms with Crippen LogP contribution in [0.5, 0.6) is 0 Å². The molecule has 1 spiro atoms. The maximum Gasteiger partial charge on any atom is 0.0697 e. The quantitative estimate of drug-likeness (QED) is 0.807. The molecule has 1 unspecified atom stereocenters. The van der Waals surface area contributed by atoms with Gasteiger partial charge in [0.25, 0.3) is 0 Å². The molecule has 1 heterocycles. The van der Waals surface area contributed by atoms with Gasteiger partial charge in [0.1, 0.15) is 0 Å². The lowest BCUT2D eigenvalue weighted by Crippen LogP contribution is -2.52. The van der Waals surface area contributed by atoms with Crippen LogP contribution in [0.3, 0.4) is 0 Å². The van der Waals surface area contributed by atoms with E-state index < -0.39 is 0 Å². The van der Waals surface area contributed by atoms with E-state index in [0.29, 0.717) is 12.6 Å². The van der Waals surface area contributed by atoms with Crippen molar-refractivity contribution in [2.75, 3.05) is 19.8 Å². The Kier molecular flexibility index (Phi) is 3.65. The number of aliphatic hydroxyl groups is 1. The average Bonchev–Trinajstić information content (AvgIpc) is 2.84. The first-order valence-electron chi connectivity index (χ1n) is 7.74. The Labute approximate surface area is 110 Å². The molecule has 0 amide bonds. The molecule has 0 radical (unpaired) electrons. The summed E-state index contributed by atoms with van der Waals surface area (Å²) in [5, 5.41) is 13.4. The first-order chi connectivity index (χ1) is 8.76. The molecule has 18 heavy (non-hydrogen) atoms. The Hall–Kier alpha value is -0.120. The highest BCUT2D eigenvalue weighted by Gasteiger charge is 2.43. The molecule has 1 atom stereocenters. The summed E-state index contributed by atoms with van der Waals surface area (Å²) < 4.78 is 5.97. The predicted octanol–water partition coefficient (Wildman–Crippen LogP) is 2.23. The van der Waals surface area contributed by atoms with Crippen molar-refractivity contribution < 1.29 is 9.84 Å². The number of hydrogen-bond acceptors (Lipinski definition) is 3. The third kappa shape index (κ3) is 2.45. The molecule has 104 valence electrons. The van der Waals surface area contributed by atoms with Crippen molar-refractivity contribution in [1.29, 1.82) is 0 Å². The lowest BCUT2D eigenvalue weighted by Gasteiger charge is -2.47. The molecule has 0 aromatic carbocycles. The fourth-order valence-electron chi connectivity index (χ4n) is 4.00. The highest BCUT2D eigenvalue weighted by Crippen LogP contribution is 2.43. The molecule has 3 aliphatic rings. The van der Waals surface area contributed by atoms with E-state index in [2.05, 4.69) is 5.32 Å². The van der Waals surface area contributed by atoms with Gasteiger partial charge in [0, 0.05) is 31.2 Å². The van der Waals surface area contributed by atoms with Crippen LogP contribution in [0.15, 0.2) is 0 Å². The van der Waals surface area contributed by atoms with E-state index in [4.69, 9.17) is 4.74 Å². The molecular weight excluding hydrogens is 226 g/mol. The topological polar surface area (TPSA) is 41.5 Å². The Morgan fingerprint density at radius 2 is 1.89 bits per heavy atom. The molecule has 2 aliphatic carbocycles. The second-order valence-electron chi connectivity index (χ2n) is 6.82. The minimum Gasteiger partial charge on any atom is -0.396 e. The zero-order valence-electron chi connectivity index (χ0n) is 11.4. The van der Waals surface area contributed by atoms with Gasteiger partial charge in [-0.25, -0.2) is 0 Å². The van der Waals surface area contributed by atoms with E-state index in [1.807, 2.05) is 0 Å². The smallest absolute Gasteiger partial charge is 0.0697 e. The van der Waals surface area contributed by atoms with E-state index in [9.17, 15) is 5.11 Å². The van der Waals surface area contributed by atoms with Crippen molar-refractivity contribution in [1.82, 2.24) is 5.32 Å². The normalized spacial score (nSPS) is 33.5. The van der Waals surface area contributed by atoms with E-state index in [1.54, 1.807) is 0 Å². The highest BCUT2D eigenvalue weighted by atomic mass is 16.5. The Balaban J connectivity index is 1.50. The maximum atomic E-state index is 9.64. The summed E-state index contributed by atoms with van der Waals surface area (Å²) in [5.74, 6) is 0. The fourth-order valence-corrected chi connectivity index (χ4v) is 4.00. The SMILES string of the molecule is OCC1(CNC2CCOC3(CCC3)C2)CCCC1. The average molecular weight is 253 g/mol. The van der Waals surface area contributed by atoms with Crippen molar-refractivity contribution in [2.45, 2.75) is 69.4 Å². The summed E-state index contributed by atoms with van der Waals surface area (Å²) >= 11 is 0. The van der Waals surface area contributed by atoms with Gasteiger partial charge in [-0.15, -0.1) is 0 Å². The lowest BCUT2D eigenvalue weighted by molar-refractivity contribution is -0.136.